The fourth-order valence-electron chi connectivity index (χ4n) is 4.35. The number of carbonyl (C=O) groups excluding carboxylic acids is 1. The number of hydrogen-bond donors (Lipinski definition) is 1. The number of aryl methyl sites for hydroxylation is 1. The van der Waals surface area contributed by atoms with Gasteiger partial charge in [-0.15, -0.1) is 0 Å². The Labute approximate surface area is 219 Å². The molecule has 0 bridgehead atoms. The minimum absolute atomic E-state index is 0.0461. The fourth-order valence-corrected chi connectivity index (χ4v) is 4.73. The lowest BCUT2D eigenvalue weighted by Gasteiger charge is -2.21. The topological polar surface area (TPSA) is 96.3 Å². The minimum Gasteiger partial charge on any atom is -0.754 e. The van der Waals surface area contributed by atoms with Gasteiger partial charge in [0.2, 0.25) is 5.91 Å². The van der Waals surface area contributed by atoms with Gasteiger partial charge in [-0.1, -0.05) is 97.1 Å². The van der Waals surface area contributed by atoms with Gasteiger partial charge in [-0.05, 0) is 47.2 Å². The molecule has 2 atom stereocenters. The van der Waals surface area contributed by atoms with Gasteiger partial charge in [0.15, 0.2) is 6.19 Å². The van der Waals surface area contributed by atoms with Crippen LogP contribution in [0.5, 0.6) is 0 Å². The molecule has 4 aromatic rings. The Morgan fingerprint density at radius 1 is 0.919 bits per heavy atom. The summed E-state index contributed by atoms with van der Waals surface area (Å²) in [5.74, 6) is -0.366. The molecule has 0 aromatic heterocycles. The molecule has 1 N–H and O–H groups in total. The number of nitriles is 1. The SMILES string of the molecule is Cc1ccccc1C(Cc1ccccc1)C(=O)NCc1ccc(-c2ccccc2N(C#N)S(=O)[O-])cc1. The largest absolute Gasteiger partial charge is 0.754 e. The number of para-hydroxylation sites is 1. The van der Waals surface area contributed by atoms with Gasteiger partial charge >= 0.3 is 0 Å². The highest BCUT2D eigenvalue weighted by Gasteiger charge is 2.22. The van der Waals surface area contributed by atoms with Crippen LogP contribution in [-0.2, 0) is 29.0 Å². The number of rotatable bonds is 9. The normalized spacial score (nSPS) is 12.2. The Morgan fingerprint density at radius 2 is 1.57 bits per heavy atom. The van der Waals surface area contributed by atoms with E-state index in [2.05, 4.69) is 5.32 Å². The van der Waals surface area contributed by atoms with Crippen molar-refractivity contribution in [2.24, 2.45) is 0 Å². The predicted molar refractivity (Wildman–Crippen MR) is 145 cm³/mol. The molecular weight excluding hydrogens is 482 g/mol. The minimum atomic E-state index is -2.71. The molecule has 0 fully saturated rings. The molecule has 7 heteroatoms. The third-order valence-electron chi connectivity index (χ3n) is 6.26. The van der Waals surface area contributed by atoms with Crippen LogP contribution < -0.4 is 9.62 Å². The Balaban J connectivity index is 1.51. The van der Waals surface area contributed by atoms with E-state index in [0.717, 1.165) is 27.8 Å². The maximum Gasteiger partial charge on any atom is 0.228 e. The number of hydrogen-bond acceptors (Lipinski definition) is 4. The van der Waals surface area contributed by atoms with E-state index in [1.165, 1.54) is 0 Å². The third-order valence-corrected chi connectivity index (χ3v) is 6.83. The van der Waals surface area contributed by atoms with E-state index in [-0.39, 0.29) is 17.5 Å². The molecule has 0 aliphatic carbocycles. The van der Waals surface area contributed by atoms with Crippen LogP contribution in [0.1, 0.15) is 28.2 Å². The Hall–Kier alpha value is -4.25. The molecule has 0 radical (unpaired) electrons. The summed E-state index contributed by atoms with van der Waals surface area (Å²) in [5, 5.41) is 12.4. The number of amides is 1. The Kier molecular flexibility index (Phi) is 8.47. The molecule has 0 heterocycles. The summed E-state index contributed by atoms with van der Waals surface area (Å²) in [6, 6.07) is 32.2. The molecular formula is C30H26N3O3S-. The smallest absolute Gasteiger partial charge is 0.228 e. The second kappa shape index (κ2) is 12.1. The maximum atomic E-state index is 13.4. The Bertz CT molecular complexity index is 1430. The Morgan fingerprint density at radius 3 is 2.24 bits per heavy atom. The maximum absolute atomic E-state index is 13.4. The van der Waals surface area contributed by atoms with E-state index in [0.29, 0.717) is 22.8 Å². The summed E-state index contributed by atoms with van der Waals surface area (Å²) >= 11 is -2.71. The lowest BCUT2D eigenvalue weighted by molar-refractivity contribution is -0.122. The molecule has 37 heavy (non-hydrogen) atoms. The van der Waals surface area contributed by atoms with Gasteiger partial charge in [-0.2, -0.15) is 5.26 Å². The quantitative estimate of drug-likeness (QED) is 0.186. The van der Waals surface area contributed by atoms with Crippen molar-refractivity contribution in [3.8, 4) is 17.3 Å². The van der Waals surface area contributed by atoms with E-state index in [4.69, 9.17) is 0 Å². The van der Waals surface area contributed by atoms with E-state index in [1.807, 2.05) is 85.8 Å². The lowest BCUT2D eigenvalue weighted by Crippen LogP contribution is -2.30. The fraction of sp³-hybridized carbons (Fsp3) is 0.133. The van der Waals surface area contributed by atoms with Crippen LogP contribution in [0.3, 0.4) is 0 Å². The van der Waals surface area contributed by atoms with Gasteiger partial charge in [-0.25, -0.2) is 4.31 Å². The molecule has 6 nitrogen and oxygen atoms in total. The van der Waals surface area contributed by atoms with E-state index in [9.17, 15) is 18.8 Å². The van der Waals surface area contributed by atoms with E-state index in [1.54, 1.807) is 30.5 Å². The zero-order valence-electron chi connectivity index (χ0n) is 20.3. The van der Waals surface area contributed by atoms with Crippen molar-refractivity contribution in [3.63, 3.8) is 0 Å². The van der Waals surface area contributed by atoms with E-state index < -0.39 is 11.3 Å². The van der Waals surface area contributed by atoms with Crippen molar-refractivity contribution in [1.29, 1.82) is 5.26 Å². The van der Waals surface area contributed by atoms with Gasteiger partial charge in [0.1, 0.15) is 0 Å². The van der Waals surface area contributed by atoms with Gasteiger partial charge in [0, 0.05) is 12.1 Å². The summed E-state index contributed by atoms with van der Waals surface area (Å²) in [6.07, 6.45) is 2.29. The first-order valence-electron chi connectivity index (χ1n) is 11.8. The van der Waals surface area contributed by atoms with Crippen molar-refractivity contribution in [2.45, 2.75) is 25.8 Å². The molecule has 2 unspecified atom stereocenters. The van der Waals surface area contributed by atoms with Crippen LogP contribution in [0.15, 0.2) is 103 Å². The number of carbonyl (C=O) groups is 1. The number of benzene rings is 4. The van der Waals surface area contributed by atoms with Gasteiger partial charge in [0.05, 0.1) is 22.9 Å². The molecule has 4 aromatic carbocycles. The van der Waals surface area contributed by atoms with Crippen molar-refractivity contribution < 1.29 is 13.6 Å². The standard InChI is InChI=1S/C30H27N3O3S/c1-22-9-5-6-12-26(22)28(19-23-10-3-2-4-11-23)30(34)32-20-24-15-17-25(18-16-24)27-13-7-8-14-29(27)33(21-31)37(35)36/h2-18,28H,19-20H2,1H3,(H,32,34)(H,35,36)/p-1. The number of nitrogens with zero attached hydrogens (tertiary/aromatic N) is 2. The first-order valence-corrected chi connectivity index (χ1v) is 12.9. The first kappa shape index (κ1) is 25.8. The van der Waals surface area contributed by atoms with Crippen LogP contribution in [-0.4, -0.2) is 14.7 Å². The van der Waals surface area contributed by atoms with Crippen LogP contribution in [0, 0.1) is 18.4 Å². The van der Waals surface area contributed by atoms with Crippen molar-refractivity contribution in [1.82, 2.24) is 5.32 Å². The highest BCUT2D eigenvalue weighted by molar-refractivity contribution is 7.80. The van der Waals surface area contributed by atoms with Crippen LogP contribution in [0.25, 0.3) is 11.1 Å². The van der Waals surface area contributed by atoms with Crippen LogP contribution >= 0.6 is 0 Å². The summed E-state index contributed by atoms with van der Waals surface area (Å²) < 4.78 is 23.6. The van der Waals surface area contributed by atoms with Crippen LogP contribution in [0.4, 0.5) is 5.69 Å². The zero-order valence-corrected chi connectivity index (χ0v) is 21.2. The van der Waals surface area contributed by atoms with Crippen molar-refractivity contribution in [3.05, 3.63) is 125 Å². The molecule has 0 spiro atoms. The second-order valence-corrected chi connectivity index (χ2v) is 9.44. The van der Waals surface area contributed by atoms with Crippen molar-refractivity contribution >= 4 is 22.9 Å². The molecule has 0 saturated heterocycles. The number of nitrogens with one attached hydrogen (secondary N) is 1. The van der Waals surface area contributed by atoms with Gasteiger partial charge < -0.3 is 9.87 Å². The lowest BCUT2D eigenvalue weighted by atomic mass is 9.88. The molecule has 0 aliphatic heterocycles. The van der Waals surface area contributed by atoms with Crippen LogP contribution in [0.2, 0.25) is 0 Å². The predicted octanol–water partition coefficient (Wildman–Crippen LogP) is 5.39. The highest BCUT2D eigenvalue weighted by atomic mass is 32.2. The second-order valence-electron chi connectivity index (χ2n) is 8.64. The summed E-state index contributed by atoms with van der Waals surface area (Å²) in [4.78, 5) is 13.4. The average molecular weight is 509 g/mol. The first-order chi connectivity index (χ1) is 18.0. The zero-order chi connectivity index (χ0) is 26.2. The molecule has 186 valence electrons. The summed E-state index contributed by atoms with van der Waals surface area (Å²) in [6.45, 7) is 2.37. The summed E-state index contributed by atoms with van der Waals surface area (Å²) in [7, 11) is 0. The average Bonchev–Trinajstić information content (AvgIpc) is 2.92. The van der Waals surface area contributed by atoms with Gasteiger partial charge in [0.25, 0.3) is 0 Å². The summed E-state index contributed by atoms with van der Waals surface area (Å²) in [5.41, 5.74) is 5.74. The molecule has 0 saturated carbocycles. The molecule has 4 rings (SSSR count). The molecule has 0 aliphatic rings. The number of anilines is 1. The highest BCUT2D eigenvalue weighted by Crippen LogP contribution is 2.31. The monoisotopic (exact) mass is 508 g/mol. The van der Waals surface area contributed by atoms with E-state index >= 15 is 0 Å². The molecule has 1 amide bonds. The third kappa shape index (κ3) is 6.31. The van der Waals surface area contributed by atoms with Crippen molar-refractivity contribution in [2.75, 3.05) is 4.31 Å². The van der Waals surface area contributed by atoms with Gasteiger partial charge in [-0.3, -0.25) is 9.00 Å².